The highest BCUT2D eigenvalue weighted by Crippen LogP contribution is 2.49. The number of carbonyl (C=O) groups is 1. The fourth-order valence-corrected chi connectivity index (χ4v) is 3.66. The van der Waals surface area contributed by atoms with Crippen LogP contribution in [0.1, 0.15) is 43.2 Å². The molecule has 1 amide bonds. The minimum absolute atomic E-state index is 0.0547. The number of carbonyl (C=O) groups excluding carboxylic acids is 1. The number of benzene rings is 1. The van der Waals surface area contributed by atoms with Crippen molar-refractivity contribution in [1.29, 1.82) is 0 Å². The predicted molar refractivity (Wildman–Crippen MR) is 85.2 cm³/mol. The van der Waals surface area contributed by atoms with E-state index in [1.807, 2.05) is 11.8 Å². The molecular formula is C18H23F3N2O. The molecule has 1 aliphatic heterocycles. The summed E-state index contributed by atoms with van der Waals surface area (Å²) in [6.07, 6.45) is -1.73. The molecule has 1 aliphatic carbocycles. The lowest BCUT2D eigenvalue weighted by Gasteiger charge is -2.34. The van der Waals surface area contributed by atoms with E-state index >= 15 is 0 Å². The molecule has 0 spiro atoms. The molecule has 2 N–H and O–H groups in total. The summed E-state index contributed by atoms with van der Waals surface area (Å²) in [6, 6.07) is 5.41. The van der Waals surface area contributed by atoms with Crippen LogP contribution in [0, 0.1) is 11.8 Å². The van der Waals surface area contributed by atoms with Gasteiger partial charge in [-0.25, -0.2) is 0 Å². The summed E-state index contributed by atoms with van der Waals surface area (Å²) in [5.41, 5.74) is 5.92. The van der Waals surface area contributed by atoms with Crippen LogP contribution in [0.15, 0.2) is 24.3 Å². The monoisotopic (exact) mass is 340 g/mol. The molecule has 1 saturated heterocycles. The first-order valence-electron chi connectivity index (χ1n) is 8.49. The van der Waals surface area contributed by atoms with Crippen LogP contribution in [-0.2, 0) is 11.0 Å². The second kappa shape index (κ2) is 6.39. The van der Waals surface area contributed by atoms with Crippen LogP contribution < -0.4 is 5.73 Å². The number of alkyl halides is 3. The minimum atomic E-state index is -4.35. The lowest BCUT2D eigenvalue weighted by molar-refractivity contribution is -0.137. The summed E-state index contributed by atoms with van der Waals surface area (Å²) in [5.74, 6) is 0.118. The van der Waals surface area contributed by atoms with Crippen LogP contribution in [0.4, 0.5) is 13.2 Å². The molecule has 2 fully saturated rings. The molecule has 1 saturated carbocycles. The van der Waals surface area contributed by atoms with Gasteiger partial charge in [-0.05, 0) is 49.7 Å². The Morgan fingerprint density at radius 3 is 2.79 bits per heavy atom. The predicted octanol–water partition coefficient (Wildman–Crippen LogP) is 3.39. The smallest absolute Gasteiger partial charge is 0.342 e. The molecule has 3 nitrogen and oxygen atoms in total. The van der Waals surface area contributed by atoms with Crippen molar-refractivity contribution >= 4 is 5.91 Å². The highest BCUT2D eigenvalue weighted by molar-refractivity contribution is 5.83. The third-order valence-corrected chi connectivity index (χ3v) is 5.26. The van der Waals surface area contributed by atoms with Crippen molar-refractivity contribution in [3.8, 4) is 0 Å². The maximum Gasteiger partial charge on any atom is 0.416 e. The van der Waals surface area contributed by atoms with Gasteiger partial charge in [0.2, 0.25) is 5.91 Å². The molecule has 0 radical (unpaired) electrons. The van der Waals surface area contributed by atoms with Crippen LogP contribution in [0.2, 0.25) is 0 Å². The third-order valence-electron chi connectivity index (χ3n) is 5.26. The summed E-state index contributed by atoms with van der Waals surface area (Å²) >= 11 is 0. The number of piperidine rings is 1. The van der Waals surface area contributed by atoms with Gasteiger partial charge in [0.15, 0.2) is 0 Å². The Balaban J connectivity index is 1.66. The molecule has 4 atom stereocenters. The maximum absolute atomic E-state index is 12.8. The highest BCUT2D eigenvalue weighted by atomic mass is 19.4. The van der Waals surface area contributed by atoms with E-state index in [2.05, 4.69) is 0 Å². The Morgan fingerprint density at radius 1 is 1.38 bits per heavy atom. The van der Waals surface area contributed by atoms with E-state index in [-0.39, 0.29) is 23.8 Å². The van der Waals surface area contributed by atoms with E-state index in [1.54, 1.807) is 6.07 Å². The second-order valence-electron chi connectivity index (χ2n) is 7.12. The number of amides is 1. The standard InChI is InChI=1S/C18H23F3N2O/c1-11(22)13-5-3-7-23(10-13)17(24)16-9-15(16)12-4-2-6-14(8-12)18(19,20)21/h2,4,6,8,11,13,15-16H,3,5,7,9-10,22H2,1H3/t11-,13+,15-,16-/m0/s1. The average Bonchev–Trinajstić information content (AvgIpc) is 3.34. The molecule has 6 heteroatoms. The number of halogens is 3. The molecule has 1 aromatic carbocycles. The van der Waals surface area contributed by atoms with Crippen molar-refractivity contribution in [1.82, 2.24) is 4.90 Å². The fourth-order valence-electron chi connectivity index (χ4n) is 3.66. The number of nitrogens with two attached hydrogens (primary N) is 1. The SMILES string of the molecule is C[C@H](N)[C@@H]1CCCN(C(=O)[C@H]2C[C@H]2c2cccc(C(F)(F)F)c2)C1. The Kier molecular flexibility index (Phi) is 4.60. The number of hydrogen-bond donors (Lipinski definition) is 1. The number of rotatable bonds is 3. The van der Waals surface area contributed by atoms with E-state index < -0.39 is 11.7 Å². The van der Waals surface area contributed by atoms with Crippen LogP contribution in [0.5, 0.6) is 0 Å². The van der Waals surface area contributed by atoms with E-state index in [0.717, 1.165) is 25.5 Å². The van der Waals surface area contributed by atoms with Gasteiger partial charge in [0.1, 0.15) is 0 Å². The van der Waals surface area contributed by atoms with Crippen LogP contribution >= 0.6 is 0 Å². The zero-order chi connectivity index (χ0) is 17.5. The largest absolute Gasteiger partial charge is 0.416 e. The van der Waals surface area contributed by atoms with E-state index in [0.29, 0.717) is 24.4 Å². The molecule has 1 heterocycles. The van der Waals surface area contributed by atoms with Gasteiger partial charge in [0.05, 0.1) is 5.56 Å². The van der Waals surface area contributed by atoms with E-state index in [1.165, 1.54) is 12.1 Å². The topological polar surface area (TPSA) is 46.3 Å². The zero-order valence-electron chi connectivity index (χ0n) is 13.7. The summed E-state index contributed by atoms with van der Waals surface area (Å²) < 4.78 is 38.5. The van der Waals surface area contributed by atoms with Crippen molar-refractivity contribution in [3.63, 3.8) is 0 Å². The van der Waals surface area contributed by atoms with Crippen molar-refractivity contribution in [2.45, 2.75) is 44.3 Å². The quantitative estimate of drug-likeness (QED) is 0.917. The third kappa shape index (κ3) is 3.58. The Hall–Kier alpha value is -1.56. The number of likely N-dealkylation sites (tertiary alicyclic amines) is 1. The zero-order valence-corrected chi connectivity index (χ0v) is 13.7. The van der Waals surface area contributed by atoms with Crippen LogP contribution in [0.25, 0.3) is 0 Å². The lowest BCUT2D eigenvalue weighted by Crippen LogP contribution is -2.45. The van der Waals surface area contributed by atoms with Gasteiger partial charge in [-0.15, -0.1) is 0 Å². The molecule has 0 unspecified atom stereocenters. The summed E-state index contributed by atoms with van der Waals surface area (Å²) in [5, 5.41) is 0. The van der Waals surface area contributed by atoms with Crippen LogP contribution in [0.3, 0.4) is 0 Å². The van der Waals surface area contributed by atoms with Crippen molar-refractivity contribution in [2.75, 3.05) is 13.1 Å². The Morgan fingerprint density at radius 2 is 2.12 bits per heavy atom. The van der Waals surface area contributed by atoms with Gasteiger partial charge >= 0.3 is 6.18 Å². The van der Waals surface area contributed by atoms with Gasteiger partial charge in [-0.2, -0.15) is 13.2 Å². The summed E-state index contributed by atoms with van der Waals surface area (Å²) in [6.45, 7) is 3.36. The van der Waals surface area contributed by atoms with Gasteiger partial charge in [-0.3, -0.25) is 4.79 Å². The second-order valence-corrected chi connectivity index (χ2v) is 7.12. The van der Waals surface area contributed by atoms with Crippen LogP contribution in [-0.4, -0.2) is 29.9 Å². The highest BCUT2D eigenvalue weighted by Gasteiger charge is 2.47. The van der Waals surface area contributed by atoms with Gasteiger partial charge in [-0.1, -0.05) is 18.2 Å². The molecule has 1 aromatic rings. The van der Waals surface area contributed by atoms with Gasteiger partial charge in [0, 0.05) is 25.0 Å². The average molecular weight is 340 g/mol. The molecule has 24 heavy (non-hydrogen) atoms. The maximum atomic E-state index is 12.8. The first kappa shape index (κ1) is 17.3. The normalized spacial score (nSPS) is 28.5. The molecule has 2 aliphatic rings. The molecule has 0 bridgehead atoms. The fraction of sp³-hybridized carbons (Fsp3) is 0.611. The first-order valence-corrected chi connectivity index (χ1v) is 8.49. The first-order chi connectivity index (χ1) is 11.3. The van der Waals surface area contributed by atoms with Crippen molar-refractivity contribution < 1.29 is 18.0 Å². The Labute approximate surface area is 140 Å². The van der Waals surface area contributed by atoms with Gasteiger partial charge < -0.3 is 10.6 Å². The molecule has 132 valence electrons. The number of nitrogens with zero attached hydrogens (tertiary/aromatic N) is 1. The molecular weight excluding hydrogens is 317 g/mol. The molecule has 0 aromatic heterocycles. The number of hydrogen-bond acceptors (Lipinski definition) is 2. The minimum Gasteiger partial charge on any atom is -0.342 e. The summed E-state index contributed by atoms with van der Waals surface area (Å²) in [4.78, 5) is 14.5. The van der Waals surface area contributed by atoms with Crippen molar-refractivity contribution in [3.05, 3.63) is 35.4 Å². The van der Waals surface area contributed by atoms with Crippen molar-refractivity contribution in [2.24, 2.45) is 17.6 Å². The lowest BCUT2D eigenvalue weighted by atomic mass is 9.92. The molecule has 3 rings (SSSR count). The van der Waals surface area contributed by atoms with Gasteiger partial charge in [0.25, 0.3) is 0 Å². The van der Waals surface area contributed by atoms with E-state index in [9.17, 15) is 18.0 Å². The Bertz CT molecular complexity index is 615. The summed E-state index contributed by atoms with van der Waals surface area (Å²) in [7, 11) is 0. The van der Waals surface area contributed by atoms with E-state index in [4.69, 9.17) is 5.73 Å².